The van der Waals surface area contributed by atoms with E-state index in [1.54, 1.807) is 0 Å². The van der Waals surface area contributed by atoms with E-state index in [2.05, 4.69) is 24.4 Å². The van der Waals surface area contributed by atoms with Gasteiger partial charge in [0.1, 0.15) is 0 Å². The lowest BCUT2D eigenvalue weighted by Crippen LogP contribution is -2.34. The van der Waals surface area contributed by atoms with E-state index in [1.807, 2.05) is 0 Å². The van der Waals surface area contributed by atoms with Gasteiger partial charge >= 0.3 is 0 Å². The van der Waals surface area contributed by atoms with Gasteiger partial charge in [0, 0.05) is 19.4 Å². The minimum absolute atomic E-state index is 0.00694. The molecule has 1 aliphatic rings. The van der Waals surface area contributed by atoms with E-state index in [0.717, 1.165) is 51.4 Å². The number of carbonyl (C=O) groups is 3. The molecule has 1 rings (SSSR count). The van der Waals surface area contributed by atoms with Gasteiger partial charge in [-0.25, -0.2) is 0 Å². The van der Waals surface area contributed by atoms with Crippen molar-refractivity contribution in [3.8, 4) is 0 Å². The molecule has 7 heteroatoms. The van der Waals surface area contributed by atoms with Crippen LogP contribution in [0.15, 0.2) is 12.2 Å². The molecule has 0 spiro atoms. The highest BCUT2D eigenvalue weighted by atomic mass is 16.3. The predicted octanol–water partition coefficient (Wildman–Crippen LogP) is 3.73. The summed E-state index contributed by atoms with van der Waals surface area (Å²) in [5.41, 5.74) is 0. The largest absolute Gasteiger partial charge is 0.395 e. The lowest BCUT2D eigenvalue weighted by Gasteiger charge is -2.19. The number of imide groups is 1. The Balaban J connectivity index is 2.43. The first-order valence-electron chi connectivity index (χ1n) is 13.0. The maximum Gasteiger partial charge on any atom is 0.233 e. The highest BCUT2D eigenvalue weighted by Crippen LogP contribution is 2.31. The van der Waals surface area contributed by atoms with Gasteiger partial charge in [0.05, 0.1) is 25.7 Å². The molecule has 0 aliphatic carbocycles. The standard InChI is InChI=1S/C26H46N2O5/c1-2-3-4-5-8-11-14-22(23-21-25(32)28(18-20-30)26(23)33)15-12-9-6-7-10-13-16-24(31)27-17-19-29/h12,15,22-23,29-30H,2-11,13-14,16-21H2,1H3,(H,27,31)/b15-12+. The summed E-state index contributed by atoms with van der Waals surface area (Å²) in [6.45, 7) is 2.40. The number of aliphatic hydroxyl groups excluding tert-OH is 2. The molecule has 2 atom stereocenters. The summed E-state index contributed by atoms with van der Waals surface area (Å²) in [7, 11) is 0. The van der Waals surface area contributed by atoms with Gasteiger partial charge in [-0.15, -0.1) is 0 Å². The summed E-state index contributed by atoms with van der Waals surface area (Å²) < 4.78 is 0. The van der Waals surface area contributed by atoms with Crippen molar-refractivity contribution in [2.75, 3.05) is 26.3 Å². The monoisotopic (exact) mass is 466 g/mol. The molecule has 1 saturated heterocycles. The summed E-state index contributed by atoms with van der Waals surface area (Å²) in [5, 5.41) is 20.5. The number of nitrogens with zero attached hydrogens (tertiary/aromatic N) is 1. The van der Waals surface area contributed by atoms with Gasteiger partial charge in [-0.2, -0.15) is 0 Å². The average molecular weight is 467 g/mol. The summed E-state index contributed by atoms with van der Waals surface area (Å²) in [6.07, 6.45) is 18.0. The number of β-amino-alcohol motifs (C(OH)–C–C–N with tert-alkyl or cyclic N) is 1. The molecule has 0 saturated carbocycles. The summed E-state index contributed by atoms with van der Waals surface area (Å²) in [4.78, 5) is 37.7. The van der Waals surface area contributed by atoms with E-state index < -0.39 is 0 Å². The van der Waals surface area contributed by atoms with Crippen molar-refractivity contribution in [2.24, 2.45) is 11.8 Å². The lowest BCUT2D eigenvalue weighted by atomic mass is 9.85. The van der Waals surface area contributed by atoms with Crippen molar-refractivity contribution in [3.63, 3.8) is 0 Å². The fourth-order valence-corrected chi connectivity index (χ4v) is 4.43. The van der Waals surface area contributed by atoms with Crippen molar-refractivity contribution in [3.05, 3.63) is 12.2 Å². The summed E-state index contributed by atoms with van der Waals surface area (Å²) >= 11 is 0. The van der Waals surface area contributed by atoms with Crippen LogP contribution >= 0.6 is 0 Å². The second kappa shape index (κ2) is 18.7. The third-order valence-electron chi connectivity index (χ3n) is 6.35. The Morgan fingerprint density at radius 2 is 1.73 bits per heavy atom. The van der Waals surface area contributed by atoms with Crippen molar-refractivity contribution >= 4 is 17.7 Å². The molecular formula is C26H46N2O5. The minimum Gasteiger partial charge on any atom is -0.395 e. The van der Waals surface area contributed by atoms with Crippen LogP contribution in [0.5, 0.6) is 0 Å². The van der Waals surface area contributed by atoms with Crippen molar-refractivity contribution in [2.45, 2.75) is 96.8 Å². The minimum atomic E-state index is -0.298. The van der Waals surface area contributed by atoms with E-state index in [1.165, 1.54) is 30.6 Å². The van der Waals surface area contributed by atoms with Crippen LogP contribution in [0, 0.1) is 11.8 Å². The normalized spacial score (nSPS) is 17.3. The molecule has 3 amide bonds. The highest BCUT2D eigenvalue weighted by molar-refractivity contribution is 6.03. The van der Waals surface area contributed by atoms with Crippen LogP contribution in [0.3, 0.4) is 0 Å². The van der Waals surface area contributed by atoms with Crippen molar-refractivity contribution < 1.29 is 24.6 Å². The molecule has 190 valence electrons. The molecule has 1 aliphatic heterocycles. The van der Waals surface area contributed by atoms with Gasteiger partial charge in [-0.3, -0.25) is 19.3 Å². The predicted molar refractivity (Wildman–Crippen MR) is 130 cm³/mol. The SMILES string of the molecule is CCCCCCCCC(/C=C/CCCCCCC(=O)NCCO)C1CC(=O)N(CCO)C1=O. The number of likely N-dealkylation sites (tertiary alicyclic amines) is 1. The van der Waals surface area contributed by atoms with Gasteiger partial charge in [0.2, 0.25) is 17.7 Å². The van der Waals surface area contributed by atoms with E-state index >= 15 is 0 Å². The van der Waals surface area contributed by atoms with Gasteiger partial charge in [-0.05, 0) is 31.6 Å². The molecule has 0 radical (unpaired) electrons. The number of hydrogen-bond acceptors (Lipinski definition) is 5. The van der Waals surface area contributed by atoms with Gasteiger partial charge < -0.3 is 15.5 Å². The summed E-state index contributed by atoms with van der Waals surface area (Å²) in [6, 6.07) is 0. The smallest absolute Gasteiger partial charge is 0.233 e. The van der Waals surface area contributed by atoms with Crippen molar-refractivity contribution in [1.29, 1.82) is 0 Å². The number of carbonyl (C=O) groups excluding carboxylic acids is 3. The number of unbranched alkanes of at least 4 members (excludes halogenated alkanes) is 9. The quantitative estimate of drug-likeness (QED) is 0.144. The molecular weight excluding hydrogens is 420 g/mol. The van der Waals surface area contributed by atoms with Crippen LogP contribution in [0.4, 0.5) is 0 Å². The maximum absolute atomic E-state index is 12.8. The van der Waals surface area contributed by atoms with Crippen LogP contribution in [0.25, 0.3) is 0 Å². The molecule has 1 heterocycles. The number of rotatable bonds is 20. The molecule has 0 aromatic heterocycles. The Labute approximate surface area is 200 Å². The third-order valence-corrected chi connectivity index (χ3v) is 6.35. The zero-order valence-electron chi connectivity index (χ0n) is 20.6. The summed E-state index contributed by atoms with van der Waals surface area (Å²) in [5.74, 6) is -0.523. The number of hydrogen-bond donors (Lipinski definition) is 3. The molecule has 0 aromatic carbocycles. The van der Waals surface area contributed by atoms with Crippen LogP contribution in [-0.4, -0.2) is 59.1 Å². The zero-order chi connectivity index (χ0) is 24.3. The number of nitrogens with one attached hydrogen (secondary N) is 1. The molecule has 2 unspecified atom stereocenters. The van der Waals surface area contributed by atoms with E-state index in [9.17, 15) is 14.4 Å². The van der Waals surface area contributed by atoms with Gasteiger partial charge in [-0.1, -0.05) is 70.4 Å². The molecule has 33 heavy (non-hydrogen) atoms. The maximum atomic E-state index is 12.8. The van der Waals surface area contributed by atoms with E-state index in [0.29, 0.717) is 13.0 Å². The second-order valence-corrected chi connectivity index (χ2v) is 9.09. The number of aliphatic hydroxyl groups is 2. The molecule has 7 nitrogen and oxygen atoms in total. The van der Waals surface area contributed by atoms with Gasteiger partial charge in [0.25, 0.3) is 0 Å². The van der Waals surface area contributed by atoms with Crippen LogP contribution in [0.2, 0.25) is 0 Å². The Bertz CT molecular complexity index is 593. The molecule has 0 aromatic rings. The topological polar surface area (TPSA) is 107 Å². The Hall–Kier alpha value is -1.73. The van der Waals surface area contributed by atoms with Crippen molar-refractivity contribution in [1.82, 2.24) is 10.2 Å². The molecule has 3 N–H and O–H groups in total. The van der Waals surface area contributed by atoms with Crippen LogP contribution < -0.4 is 5.32 Å². The zero-order valence-corrected chi connectivity index (χ0v) is 20.6. The lowest BCUT2D eigenvalue weighted by molar-refractivity contribution is -0.140. The number of amides is 3. The third kappa shape index (κ3) is 12.3. The first kappa shape index (κ1) is 29.3. The Morgan fingerprint density at radius 1 is 1.03 bits per heavy atom. The van der Waals surface area contributed by atoms with E-state index in [-0.39, 0.29) is 55.7 Å². The first-order valence-corrected chi connectivity index (χ1v) is 13.0. The fraction of sp³-hybridized carbons (Fsp3) is 0.808. The number of allylic oxidation sites excluding steroid dienone is 2. The molecule has 1 fully saturated rings. The Morgan fingerprint density at radius 3 is 2.45 bits per heavy atom. The van der Waals surface area contributed by atoms with Crippen LogP contribution in [0.1, 0.15) is 96.8 Å². The highest BCUT2D eigenvalue weighted by Gasteiger charge is 2.41. The average Bonchev–Trinajstić information content (AvgIpc) is 3.08. The second-order valence-electron chi connectivity index (χ2n) is 9.09. The fourth-order valence-electron chi connectivity index (χ4n) is 4.43. The van der Waals surface area contributed by atoms with Gasteiger partial charge in [0.15, 0.2) is 0 Å². The first-order chi connectivity index (χ1) is 16.0. The Kier molecular flexibility index (Phi) is 16.6. The van der Waals surface area contributed by atoms with Crippen LogP contribution in [-0.2, 0) is 14.4 Å². The van der Waals surface area contributed by atoms with E-state index in [4.69, 9.17) is 10.2 Å². The molecule has 0 bridgehead atoms.